The van der Waals surface area contributed by atoms with Gasteiger partial charge in [0.25, 0.3) is 5.56 Å². The summed E-state index contributed by atoms with van der Waals surface area (Å²) in [6.45, 7) is 2.39. The van der Waals surface area contributed by atoms with E-state index in [1.165, 1.54) is 0 Å². The lowest BCUT2D eigenvalue weighted by molar-refractivity contribution is 0.949. The summed E-state index contributed by atoms with van der Waals surface area (Å²) >= 11 is 0. The fourth-order valence-electron chi connectivity index (χ4n) is 2.10. The summed E-state index contributed by atoms with van der Waals surface area (Å²) in [5, 5.41) is 4.78. The van der Waals surface area contributed by atoms with Crippen molar-refractivity contribution in [1.29, 1.82) is 0 Å². The standard InChI is InChI=1S/C15H14N4O/c1-10-16-7-6-12(18-10)9-17-14-8-11-4-2-3-5-13(11)15(20)19-14/h2-8H,9H2,1H3,(H2,17,19,20). The molecular formula is C15H14N4O. The van der Waals surface area contributed by atoms with Gasteiger partial charge >= 0.3 is 0 Å². The largest absolute Gasteiger partial charge is 0.366 e. The number of anilines is 1. The Labute approximate surface area is 115 Å². The van der Waals surface area contributed by atoms with Crippen molar-refractivity contribution in [2.24, 2.45) is 0 Å². The molecule has 0 fully saturated rings. The Bertz CT molecular complexity index is 810. The van der Waals surface area contributed by atoms with Gasteiger partial charge in [0.15, 0.2) is 0 Å². The first-order chi connectivity index (χ1) is 9.72. The van der Waals surface area contributed by atoms with Crippen LogP contribution in [0, 0.1) is 6.92 Å². The van der Waals surface area contributed by atoms with E-state index < -0.39 is 0 Å². The van der Waals surface area contributed by atoms with Crippen LogP contribution in [0.15, 0.2) is 47.4 Å². The van der Waals surface area contributed by atoms with Crippen LogP contribution in [0.25, 0.3) is 10.8 Å². The van der Waals surface area contributed by atoms with Crippen LogP contribution in [0.2, 0.25) is 0 Å². The summed E-state index contributed by atoms with van der Waals surface area (Å²) in [6, 6.07) is 11.3. The second kappa shape index (κ2) is 5.13. The monoisotopic (exact) mass is 266 g/mol. The summed E-state index contributed by atoms with van der Waals surface area (Å²) in [5.74, 6) is 1.42. The third-order valence-electron chi connectivity index (χ3n) is 3.05. The lowest BCUT2D eigenvalue weighted by atomic mass is 10.2. The first-order valence-corrected chi connectivity index (χ1v) is 6.37. The minimum atomic E-state index is -0.0931. The van der Waals surface area contributed by atoms with Gasteiger partial charge in [-0.15, -0.1) is 0 Å². The number of benzene rings is 1. The second-order valence-corrected chi connectivity index (χ2v) is 4.55. The van der Waals surface area contributed by atoms with Gasteiger partial charge in [-0.1, -0.05) is 18.2 Å². The summed E-state index contributed by atoms with van der Waals surface area (Å²) in [4.78, 5) is 23.1. The lowest BCUT2D eigenvalue weighted by Gasteiger charge is -2.07. The Hall–Kier alpha value is -2.69. The van der Waals surface area contributed by atoms with Crippen molar-refractivity contribution in [2.75, 3.05) is 5.32 Å². The van der Waals surface area contributed by atoms with E-state index in [2.05, 4.69) is 20.3 Å². The maximum Gasteiger partial charge on any atom is 0.257 e. The fraction of sp³-hybridized carbons (Fsp3) is 0.133. The molecule has 0 unspecified atom stereocenters. The highest BCUT2D eigenvalue weighted by molar-refractivity contribution is 5.83. The molecule has 2 heterocycles. The van der Waals surface area contributed by atoms with Crippen LogP contribution in [0.1, 0.15) is 11.5 Å². The molecule has 0 aliphatic rings. The molecular weight excluding hydrogens is 252 g/mol. The Morgan fingerprint density at radius 1 is 1.25 bits per heavy atom. The van der Waals surface area contributed by atoms with E-state index in [1.807, 2.05) is 43.3 Å². The highest BCUT2D eigenvalue weighted by Gasteiger charge is 2.02. The Morgan fingerprint density at radius 3 is 2.95 bits per heavy atom. The number of fused-ring (bicyclic) bond motifs is 1. The molecule has 5 heteroatoms. The normalized spacial score (nSPS) is 10.7. The molecule has 0 saturated carbocycles. The molecule has 3 aromatic rings. The minimum absolute atomic E-state index is 0.0931. The van der Waals surface area contributed by atoms with Crippen molar-refractivity contribution in [3.8, 4) is 0 Å². The molecule has 0 aliphatic carbocycles. The number of nitrogens with zero attached hydrogens (tertiary/aromatic N) is 2. The number of rotatable bonds is 3. The van der Waals surface area contributed by atoms with Crippen LogP contribution in [0.4, 0.5) is 5.82 Å². The van der Waals surface area contributed by atoms with E-state index in [4.69, 9.17) is 0 Å². The van der Waals surface area contributed by atoms with E-state index in [0.717, 1.165) is 16.9 Å². The number of H-pyrrole nitrogens is 1. The zero-order chi connectivity index (χ0) is 13.9. The third-order valence-corrected chi connectivity index (χ3v) is 3.05. The molecule has 3 rings (SSSR count). The third kappa shape index (κ3) is 2.51. The second-order valence-electron chi connectivity index (χ2n) is 4.55. The van der Waals surface area contributed by atoms with Crippen molar-refractivity contribution >= 4 is 16.6 Å². The number of aromatic amines is 1. The zero-order valence-electron chi connectivity index (χ0n) is 11.1. The van der Waals surface area contributed by atoms with Crippen LogP contribution in [0.5, 0.6) is 0 Å². The van der Waals surface area contributed by atoms with Crippen molar-refractivity contribution in [3.05, 3.63) is 64.5 Å². The molecule has 0 spiro atoms. The molecule has 0 radical (unpaired) electrons. The van der Waals surface area contributed by atoms with Crippen LogP contribution < -0.4 is 10.9 Å². The highest BCUT2D eigenvalue weighted by atomic mass is 16.1. The molecule has 100 valence electrons. The van der Waals surface area contributed by atoms with Gasteiger partial charge in [0.2, 0.25) is 0 Å². The average molecular weight is 266 g/mol. The maximum absolute atomic E-state index is 11.9. The molecule has 0 amide bonds. The quantitative estimate of drug-likeness (QED) is 0.762. The predicted molar refractivity (Wildman–Crippen MR) is 78.7 cm³/mol. The van der Waals surface area contributed by atoms with Gasteiger partial charge in [-0.3, -0.25) is 4.79 Å². The maximum atomic E-state index is 11.9. The van der Waals surface area contributed by atoms with Gasteiger partial charge in [-0.05, 0) is 30.5 Å². The van der Waals surface area contributed by atoms with Gasteiger partial charge in [0.05, 0.1) is 12.2 Å². The summed E-state index contributed by atoms with van der Waals surface area (Å²) in [7, 11) is 0. The van der Waals surface area contributed by atoms with Gasteiger partial charge in [-0.25, -0.2) is 9.97 Å². The molecule has 0 atom stereocenters. The predicted octanol–water partition coefficient (Wildman–Crippen LogP) is 2.24. The summed E-state index contributed by atoms with van der Waals surface area (Å²) < 4.78 is 0. The van der Waals surface area contributed by atoms with Crippen LogP contribution in [-0.4, -0.2) is 15.0 Å². The number of pyridine rings is 1. The van der Waals surface area contributed by atoms with E-state index in [-0.39, 0.29) is 5.56 Å². The number of aromatic nitrogens is 3. The van der Waals surface area contributed by atoms with Crippen LogP contribution >= 0.6 is 0 Å². The molecule has 2 aromatic heterocycles. The molecule has 0 aliphatic heterocycles. The first-order valence-electron chi connectivity index (χ1n) is 6.37. The molecule has 0 bridgehead atoms. The summed E-state index contributed by atoms with van der Waals surface area (Å²) in [6.07, 6.45) is 1.72. The zero-order valence-corrected chi connectivity index (χ0v) is 11.1. The minimum Gasteiger partial charge on any atom is -0.366 e. The molecule has 5 nitrogen and oxygen atoms in total. The topological polar surface area (TPSA) is 70.7 Å². The van der Waals surface area contributed by atoms with Crippen molar-refractivity contribution in [3.63, 3.8) is 0 Å². The van der Waals surface area contributed by atoms with Gasteiger partial charge in [0.1, 0.15) is 11.6 Å². The number of aryl methyl sites for hydroxylation is 1. The molecule has 20 heavy (non-hydrogen) atoms. The Morgan fingerprint density at radius 2 is 2.10 bits per heavy atom. The van der Waals surface area contributed by atoms with E-state index in [9.17, 15) is 4.79 Å². The number of hydrogen-bond donors (Lipinski definition) is 2. The molecule has 1 aromatic carbocycles. The Kier molecular flexibility index (Phi) is 3.16. The number of hydrogen-bond acceptors (Lipinski definition) is 4. The SMILES string of the molecule is Cc1nccc(CNc2cc3ccccc3c(=O)[nH]2)n1. The molecule has 0 saturated heterocycles. The molecule has 2 N–H and O–H groups in total. The summed E-state index contributed by atoms with van der Waals surface area (Å²) in [5.41, 5.74) is 0.788. The Balaban J connectivity index is 1.86. The average Bonchev–Trinajstić information content (AvgIpc) is 2.45. The van der Waals surface area contributed by atoms with E-state index in [1.54, 1.807) is 6.20 Å². The van der Waals surface area contributed by atoms with Crippen LogP contribution in [-0.2, 0) is 6.54 Å². The highest BCUT2D eigenvalue weighted by Crippen LogP contribution is 2.13. The van der Waals surface area contributed by atoms with Gasteiger partial charge in [0, 0.05) is 11.6 Å². The van der Waals surface area contributed by atoms with E-state index >= 15 is 0 Å². The first kappa shape index (κ1) is 12.3. The van der Waals surface area contributed by atoms with E-state index in [0.29, 0.717) is 17.7 Å². The van der Waals surface area contributed by atoms with Gasteiger partial charge in [-0.2, -0.15) is 0 Å². The lowest BCUT2D eigenvalue weighted by Crippen LogP contribution is -2.11. The van der Waals surface area contributed by atoms with Crippen LogP contribution in [0.3, 0.4) is 0 Å². The van der Waals surface area contributed by atoms with Crippen molar-refractivity contribution < 1.29 is 0 Å². The van der Waals surface area contributed by atoms with Gasteiger partial charge < -0.3 is 10.3 Å². The smallest absolute Gasteiger partial charge is 0.257 e. The number of nitrogens with one attached hydrogen (secondary N) is 2. The van der Waals surface area contributed by atoms with Crippen molar-refractivity contribution in [2.45, 2.75) is 13.5 Å². The van der Waals surface area contributed by atoms with Crippen molar-refractivity contribution in [1.82, 2.24) is 15.0 Å². The fourth-order valence-corrected chi connectivity index (χ4v) is 2.10.